The standard InChI is InChI=1S/C16H15NO2/c1-17(8-9-18)14-10-15(19)13-7-3-5-11-4-2-6-12(14)16(11)13/h2-7,10,18H,8-9H2,1H3. The summed E-state index contributed by atoms with van der Waals surface area (Å²) < 4.78 is 0. The highest BCUT2D eigenvalue weighted by atomic mass is 16.3. The Bertz CT molecular complexity index is 683. The number of aliphatic hydroxyl groups is 1. The van der Waals surface area contributed by atoms with Gasteiger partial charge in [0.2, 0.25) is 0 Å². The second kappa shape index (κ2) is 4.52. The Labute approximate surface area is 111 Å². The molecular weight excluding hydrogens is 238 g/mol. The fourth-order valence-electron chi connectivity index (χ4n) is 2.63. The third-order valence-corrected chi connectivity index (χ3v) is 3.56. The van der Waals surface area contributed by atoms with Gasteiger partial charge < -0.3 is 10.0 Å². The molecule has 1 aliphatic rings. The van der Waals surface area contributed by atoms with E-state index in [1.165, 1.54) is 0 Å². The number of hydrogen-bond donors (Lipinski definition) is 1. The Morgan fingerprint density at radius 2 is 1.79 bits per heavy atom. The topological polar surface area (TPSA) is 40.5 Å². The lowest BCUT2D eigenvalue weighted by Gasteiger charge is -2.26. The monoisotopic (exact) mass is 253 g/mol. The van der Waals surface area contributed by atoms with E-state index in [1.54, 1.807) is 6.08 Å². The maximum atomic E-state index is 12.2. The first kappa shape index (κ1) is 11.9. The van der Waals surface area contributed by atoms with E-state index in [9.17, 15) is 4.79 Å². The molecule has 1 aliphatic carbocycles. The molecule has 0 aromatic heterocycles. The van der Waals surface area contributed by atoms with Crippen molar-refractivity contribution in [3.63, 3.8) is 0 Å². The van der Waals surface area contributed by atoms with Crippen molar-refractivity contribution in [2.75, 3.05) is 20.2 Å². The number of likely N-dealkylation sites (N-methyl/N-ethyl adjacent to an activating group) is 1. The molecule has 0 fully saturated rings. The number of hydrogen-bond acceptors (Lipinski definition) is 3. The zero-order chi connectivity index (χ0) is 13.4. The van der Waals surface area contributed by atoms with Gasteiger partial charge >= 0.3 is 0 Å². The third-order valence-electron chi connectivity index (χ3n) is 3.56. The summed E-state index contributed by atoms with van der Waals surface area (Å²) >= 11 is 0. The first-order chi connectivity index (χ1) is 9.22. The molecule has 0 bridgehead atoms. The van der Waals surface area contributed by atoms with Crippen molar-refractivity contribution in [1.82, 2.24) is 4.90 Å². The predicted octanol–water partition coefficient (Wildman–Crippen LogP) is 2.30. The summed E-state index contributed by atoms with van der Waals surface area (Å²) in [5.74, 6) is 0.0316. The molecule has 3 nitrogen and oxygen atoms in total. The van der Waals surface area contributed by atoms with Crippen LogP contribution in [0, 0.1) is 0 Å². The summed E-state index contributed by atoms with van der Waals surface area (Å²) in [5, 5.41) is 11.2. The quantitative estimate of drug-likeness (QED) is 0.912. The summed E-state index contributed by atoms with van der Waals surface area (Å²) in [5.41, 5.74) is 2.70. The summed E-state index contributed by atoms with van der Waals surface area (Å²) in [6.07, 6.45) is 1.66. The lowest BCUT2D eigenvalue weighted by molar-refractivity contribution is 0.104. The third kappa shape index (κ3) is 1.83. The largest absolute Gasteiger partial charge is 0.395 e. The summed E-state index contributed by atoms with van der Waals surface area (Å²) in [6, 6.07) is 11.8. The van der Waals surface area contributed by atoms with Crippen molar-refractivity contribution in [3.8, 4) is 0 Å². The maximum Gasteiger partial charge on any atom is 0.188 e. The second-order valence-corrected chi connectivity index (χ2v) is 4.75. The molecule has 0 heterocycles. The molecule has 0 aliphatic heterocycles. The smallest absolute Gasteiger partial charge is 0.188 e. The first-order valence-electron chi connectivity index (χ1n) is 6.32. The van der Waals surface area contributed by atoms with Gasteiger partial charge in [-0.1, -0.05) is 36.4 Å². The molecule has 96 valence electrons. The molecule has 0 unspecified atom stereocenters. The van der Waals surface area contributed by atoms with Crippen LogP contribution < -0.4 is 0 Å². The summed E-state index contributed by atoms with van der Waals surface area (Å²) in [4.78, 5) is 14.1. The van der Waals surface area contributed by atoms with E-state index < -0.39 is 0 Å². The Balaban J connectivity index is 2.25. The number of benzene rings is 2. The molecule has 19 heavy (non-hydrogen) atoms. The number of allylic oxidation sites excluding steroid dienone is 1. The fourth-order valence-corrected chi connectivity index (χ4v) is 2.63. The van der Waals surface area contributed by atoms with Crippen LogP contribution in [0.15, 0.2) is 42.5 Å². The van der Waals surface area contributed by atoms with Crippen LogP contribution in [-0.4, -0.2) is 36.0 Å². The zero-order valence-corrected chi connectivity index (χ0v) is 10.8. The van der Waals surface area contributed by atoms with Gasteiger partial charge in [-0.2, -0.15) is 0 Å². The van der Waals surface area contributed by atoms with Gasteiger partial charge in [-0.3, -0.25) is 4.79 Å². The molecule has 0 radical (unpaired) electrons. The minimum Gasteiger partial charge on any atom is -0.395 e. The highest BCUT2D eigenvalue weighted by Gasteiger charge is 2.21. The van der Waals surface area contributed by atoms with Gasteiger partial charge in [-0.25, -0.2) is 0 Å². The van der Waals surface area contributed by atoms with Crippen molar-refractivity contribution < 1.29 is 9.90 Å². The number of rotatable bonds is 3. The van der Waals surface area contributed by atoms with Gasteiger partial charge in [0.25, 0.3) is 0 Å². The van der Waals surface area contributed by atoms with Crippen molar-refractivity contribution >= 4 is 22.3 Å². The van der Waals surface area contributed by atoms with E-state index in [0.29, 0.717) is 6.54 Å². The molecule has 0 atom stereocenters. The highest BCUT2D eigenvalue weighted by Crippen LogP contribution is 2.33. The second-order valence-electron chi connectivity index (χ2n) is 4.75. The van der Waals surface area contributed by atoms with Gasteiger partial charge in [0.05, 0.1) is 6.61 Å². The predicted molar refractivity (Wildman–Crippen MR) is 76.0 cm³/mol. The van der Waals surface area contributed by atoms with Crippen LogP contribution >= 0.6 is 0 Å². The van der Waals surface area contributed by atoms with E-state index >= 15 is 0 Å². The molecule has 0 saturated heterocycles. The Hall–Kier alpha value is -2.13. The van der Waals surface area contributed by atoms with Gasteiger partial charge in [0.1, 0.15) is 0 Å². The van der Waals surface area contributed by atoms with Crippen molar-refractivity contribution in [3.05, 3.63) is 53.6 Å². The number of aliphatic hydroxyl groups excluding tert-OH is 1. The van der Waals surface area contributed by atoms with Crippen molar-refractivity contribution in [2.45, 2.75) is 0 Å². The molecule has 1 N–H and O–H groups in total. The Morgan fingerprint density at radius 1 is 1.11 bits per heavy atom. The molecule has 2 aromatic rings. The first-order valence-corrected chi connectivity index (χ1v) is 6.32. The molecule has 3 heteroatoms. The van der Waals surface area contributed by atoms with Gasteiger partial charge in [0, 0.05) is 41.9 Å². The minimum absolute atomic E-state index is 0.0316. The van der Waals surface area contributed by atoms with Gasteiger partial charge in [-0.05, 0) is 5.39 Å². The van der Waals surface area contributed by atoms with Crippen LogP contribution in [0.4, 0.5) is 0 Å². The number of carbonyl (C=O) groups excluding carboxylic acids is 1. The van der Waals surface area contributed by atoms with Crippen LogP contribution in [0.1, 0.15) is 15.9 Å². The van der Waals surface area contributed by atoms with Crippen LogP contribution in [0.25, 0.3) is 16.5 Å². The maximum absolute atomic E-state index is 12.2. The Morgan fingerprint density at radius 3 is 2.47 bits per heavy atom. The fraction of sp³-hybridized carbons (Fsp3) is 0.188. The van der Waals surface area contributed by atoms with Crippen molar-refractivity contribution in [1.29, 1.82) is 0 Å². The summed E-state index contributed by atoms with van der Waals surface area (Å²) in [6.45, 7) is 0.581. The van der Waals surface area contributed by atoms with Crippen LogP contribution in [0.3, 0.4) is 0 Å². The number of carbonyl (C=O) groups is 1. The molecule has 2 aromatic carbocycles. The molecule has 3 rings (SSSR count). The molecule has 0 saturated carbocycles. The molecule has 0 amide bonds. The summed E-state index contributed by atoms with van der Waals surface area (Å²) in [7, 11) is 1.89. The van der Waals surface area contributed by atoms with E-state index in [0.717, 1.165) is 27.6 Å². The van der Waals surface area contributed by atoms with Crippen molar-refractivity contribution in [2.24, 2.45) is 0 Å². The lowest BCUT2D eigenvalue weighted by Crippen LogP contribution is -2.23. The van der Waals surface area contributed by atoms with Crippen LogP contribution in [-0.2, 0) is 0 Å². The van der Waals surface area contributed by atoms with Gasteiger partial charge in [-0.15, -0.1) is 0 Å². The number of ketones is 1. The average molecular weight is 253 g/mol. The van der Waals surface area contributed by atoms with E-state index in [-0.39, 0.29) is 12.4 Å². The molecular formula is C16H15NO2. The van der Waals surface area contributed by atoms with E-state index in [4.69, 9.17) is 5.11 Å². The van der Waals surface area contributed by atoms with E-state index in [2.05, 4.69) is 0 Å². The SMILES string of the molecule is CN(CCO)C1=CC(=O)c2cccc3cccc1c23. The average Bonchev–Trinajstić information content (AvgIpc) is 2.43. The normalized spacial score (nSPS) is 13.6. The number of nitrogens with zero attached hydrogens (tertiary/aromatic N) is 1. The molecule has 0 spiro atoms. The van der Waals surface area contributed by atoms with Crippen LogP contribution in [0.5, 0.6) is 0 Å². The Kier molecular flexibility index (Phi) is 2.84. The van der Waals surface area contributed by atoms with E-state index in [1.807, 2.05) is 48.3 Å². The zero-order valence-electron chi connectivity index (χ0n) is 10.8. The van der Waals surface area contributed by atoms with Gasteiger partial charge in [0.15, 0.2) is 5.78 Å². The van der Waals surface area contributed by atoms with Crippen LogP contribution in [0.2, 0.25) is 0 Å². The lowest BCUT2D eigenvalue weighted by atomic mass is 9.90. The minimum atomic E-state index is 0.0316. The highest BCUT2D eigenvalue weighted by molar-refractivity contribution is 6.21.